The zero-order valence-corrected chi connectivity index (χ0v) is 14.1. The van der Waals surface area contributed by atoms with Crippen LogP contribution in [0, 0.1) is 12.8 Å². The van der Waals surface area contributed by atoms with E-state index in [0.717, 1.165) is 19.0 Å². The van der Waals surface area contributed by atoms with E-state index in [9.17, 15) is 0 Å². The molecule has 2 rings (SSSR count). The highest BCUT2D eigenvalue weighted by molar-refractivity contribution is 5.21. The summed E-state index contributed by atoms with van der Waals surface area (Å²) in [5.41, 5.74) is 2.81. The summed E-state index contributed by atoms with van der Waals surface area (Å²) >= 11 is 0. The van der Waals surface area contributed by atoms with E-state index >= 15 is 0 Å². The molecule has 1 aromatic rings. The van der Waals surface area contributed by atoms with Gasteiger partial charge in [-0.1, -0.05) is 49.1 Å². The second-order valence-corrected chi connectivity index (χ2v) is 7.03. The minimum Gasteiger partial charge on any atom is -0.308 e. The summed E-state index contributed by atoms with van der Waals surface area (Å²) in [6.45, 7) is 6.87. The predicted molar refractivity (Wildman–Crippen MR) is 91.6 cm³/mol. The van der Waals surface area contributed by atoms with Gasteiger partial charge in [0.15, 0.2) is 0 Å². The van der Waals surface area contributed by atoms with Crippen molar-refractivity contribution in [3.8, 4) is 0 Å². The minimum absolute atomic E-state index is 0.923. The summed E-state index contributed by atoms with van der Waals surface area (Å²) in [6, 6.07) is 9.05. The molecule has 0 amide bonds. The number of rotatable bonds is 7. The van der Waals surface area contributed by atoms with Crippen LogP contribution in [0.15, 0.2) is 24.3 Å². The third kappa shape index (κ3) is 6.19. The SMILES string of the molecule is Cc1ccc(CN(CCN(C)C)CC2CCCCC2)cc1. The summed E-state index contributed by atoms with van der Waals surface area (Å²) in [4.78, 5) is 4.96. The molecule has 2 nitrogen and oxygen atoms in total. The van der Waals surface area contributed by atoms with E-state index in [1.165, 1.54) is 56.3 Å². The monoisotopic (exact) mass is 288 g/mol. The maximum atomic E-state index is 2.67. The van der Waals surface area contributed by atoms with Gasteiger partial charge in [0.25, 0.3) is 0 Å². The summed E-state index contributed by atoms with van der Waals surface area (Å²) in [7, 11) is 4.34. The maximum Gasteiger partial charge on any atom is 0.0234 e. The summed E-state index contributed by atoms with van der Waals surface area (Å²) in [6.07, 6.45) is 7.21. The van der Waals surface area contributed by atoms with E-state index in [-0.39, 0.29) is 0 Å². The number of benzene rings is 1. The van der Waals surface area contributed by atoms with Crippen molar-refractivity contribution in [1.29, 1.82) is 0 Å². The molecule has 21 heavy (non-hydrogen) atoms. The Labute approximate surface area is 131 Å². The number of aryl methyl sites for hydroxylation is 1. The van der Waals surface area contributed by atoms with E-state index in [1.54, 1.807) is 0 Å². The smallest absolute Gasteiger partial charge is 0.0234 e. The fourth-order valence-electron chi connectivity index (χ4n) is 3.26. The third-order valence-electron chi connectivity index (χ3n) is 4.63. The topological polar surface area (TPSA) is 6.48 Å². The maximum absolute atomic E-state index is 2.67. The molecular weight excluding hydrogens is 256 g/mol. The van der Waals surface area contributed by atoms with Crippen molar-refractivity contribution in [1.82, 2.24) is 9.80 Å². The van der Waals surface area contributed by atoms with Crippen LogP contribution in [0.1, 0.15) is 43.2 Å². The van der Waals surface area contributed by atoms with E-state index in [1.807, 2.05) is 0 Å². The van der Waals surface area contributed by atoms with E-state index in [2.05, 4.69) is 55.1 Å². The molecule has 0 unspecified atom stereocenters. The van der Waals surface area contributed by atoms with Crippen molar-refractivity contribution >= 4 is 0 Å². The number of likely N-dealkylation sites (N-methyl/N-ethyl adjacent to an activating group) is 1. The van der Waals surface area contributed by atoms with Crippen molar-refractivity contribution in [2.45, 2.75) is 45.6 Å². The van der Waals surface area contributed by atoms with Gasteiger partial charge in [0.05, 0.1) is 0 Å². The minimum atomic E-state index is 0.923. The van der Waals surface area contributed by atoms with Crippen LogP contribution in [0.3, 0.4) is 0 Å². The molecule has 1 saturated carbocycles. The Balaban J connectivity index is 1.91. The van der Waals surface area contributed by atoms with Crippen molar-refractivity contribution in [2.75, 3.05) is 33.7 Å². The van der Waals surface area contributed by atoms with E-state index < -0.39 is 0 Å². The fraction of sp³-hybridized carbons (Fsp3) is 0.684. The average molecular weight is 288 g/mol. The van der Waals surface area contributed by atoms with Crippen LogP contribution in [-0.4, -0.2) is 43.5 Å². The second-order valence-electron chi connectivity index (χ2n) is 7.03. The van der Waals surface area contributed by atoms with E-state index in [0.29, 0.717) is 0 Å². The van der Waals surface area contributed by atoms with Crippen LogP contribution >= 0.6 is 0 Å². The highest BCUT2D eigenvalue weighted by Gasteiger charge is 2.17. The zero-order valence-electron chi connectivity index (χ0n) is 14.1. The van der Waals surface area contributed by atoms with Crippen molar-refractivity contribution in [3.05, 3.63) is 35.4 Å². The first-order valence-electron chi connectivity index (χ1n) is 8.56. The Hall–Kier alpha value is -0.860. The first-order valence-corrected chi connectivity index (χ1v) is 8.56. The van der Waals surface area contributed by atoms with Crippen LogP contribution in [0.25, 0.3) is 0 Å². The second kappa shape index (κ2) is 8.55. The Bertz CT molecular complexity index is 391. The molecule has 0 N–H and O–H groups in total. The molecule has 0 heterocycles. The molecule has 118 valence electrons. The van der Waals surface area contributed by atoms with Gasteiger partial charge in [-0.05, 0) is 45.3 Å². The lowest BCUT2D eigenvalue weighted by Gasteiger charge is -2.30. The molecule has 1 fully saturated rings. The molecule has 0 spiro atoms. The van der Waals surface area contributed by atoms with Gasteiger partial charge < -0.3 is 4.90 Å². The molecule has 1 aliphatic rings. The molecule has 0 aromatic heterocycles. The van der Waals surface area contributed by atoms with E-state index in [4.69, 9.17) is 0 Å². The molecule has 0 bridgehead atoms. The van der Waals surface area contributed by atoms with Crippen LogP contribution in [-0.2, 0) is 6.54 Å². The lowest BCUT2D eigenvalue weighted by molar-refractivity contribution is 0.179. The summed E-state index contributed by atoms with van der Waals surface area (Å²) in [5, 5.41) is 0. The highest BCUT2D eigenvalue weighted by Crippen LogP contribution is 2.25. The van der Waals surface area contributed by atoms with Crippen molar-refractivity contribution < 1.29 is 0 Å². The van der Waals surface area contributed by atoms with Gasteiger partial charge in [0.1, 0.15) is 0 Å². The normalized spacial score (nSPS) is 16.8. The van der Waals surface area contributed by atoms with Gasteiger partial charge in [-0.25, -0.2) is 0 Å². The van der Waals surface area contributed by atoms with Gasteiger partial charge in [-0.15, -0.1) is 0 Å². The predicted octanol–water partition coefficient (Wildman–Crippen LogP) is 3.94. The van der Waals surface area contributed by atoms with Gasteiger partial charge >= 0.3 is 0 Å². The number of nitrogens with zero attached hydrogens (tertiary/aromatic N) is 2. The average Bonchev–Trinajstić information content (AvgIpc) is 2.48. The number of hydrogen-bond donors (Lipinski definition) is 0. The highest BCUT2D eigenvalue weighted by atomic mass is 15.2. The first-order chi connectivity index (χ1) is 10.1. The van der Waals surface area contributed by atoms with Crippen molar-refractivity contribution in [2.24, 2.45) is 5.92 Å². The molecule has 0 radical (unpaired) electrons. The van der Waals surface area contributed by atoms with Crippen LogP contribution in [0.2, 0.25) is 0 Å². The molecular formula is C19H32N2. The number of hydrogen-bond acceptors (Lipinski definition) is 2. The van der Waals surface area contributed by atoms with Gasteiger partial charge in [-0.2, -0.15) is 0 Å². The first kappa shape index (κ1) is 16.5. The zero-order chi connectivity index (χ0) is 15.1. The fourth-order valence-corrected chi connectivity index (χ4v) is 3.26. The van der Waals surface area contributed by atoms with Crippen LogP contribution in [0.4, 0.5) is 0 Å². The Kier molecular flexibility index (Phi) is 6.72. The van der Waals surface area contributed by atoms with Crippen LogP contribution < -0.4 is 0 Å². The van der Waals surface area contributed by atoms with Gasteiger partial charge in [-0.3, -0.25) is 4.90 Å². The summed E-state index contributed by atoms with van der Waals surface area (Å²) in [5.74, 6) is 0.923. The molecule has 1 aromatic carbocycles. The Morgan fingerprint density at radius 1 is 0.952 bits per heavy atom. The quantitative estimate of drug-likeness (QED) is 0.750. The lowest BCUT2D eigenvalue weighted by atomic mass is 9.89. The molecule has 2 heteroatoms. The largest absolute Gasteiger partial charge is 0.308 e. The van der Waals surface area contributed by atoms with Gasteiger partial charge in [0.2, 0.25) is 0 Å². The Morgan fingerprint density at radius 3 is 2.24 bits per heavy atom. The summed E-state index contributed by atoms with van der Waals surface area (Å²) < 4.78 is 0. The standard InChI is InChI=1S/C19H32N2/c1-17-9-11-19(12-10-17)16-21(14-13-20(2)3)15-18-7-5-4-6-8-18/h9-12,18H,4-8,13-16H2,1-3H3. The molecule has 1 aliphatic carbocycles. The molecule has 0 saturated heterocycles. The molecule has 0 atom stereocenters. The van der Waals surface area contributed by atoms with Gasteiger partial charge in [0, 0.05) is 26.2 Å². The third-order valence-corrected chi connectivity index (χ3v) is 4.63. The lowest BCUT2D eigenvalue weighted by Crippen LogP contribution is -2.35. The molecule has 0 aliphatic heterocycles. The van der Waals surface area contributed by atoms with Crippen LogP contribution in [0.5, 0.6) is 0 Å². The Morgan fingerprint density at radius 2 is 1.62 bits per heavy atom. The van der Waals surface area contributed by atoms with Crippen molar-refractivity contribution in [3.63, 3.8) is 0 Å².